The van der Waals surface area contributed by atoms with Crippen LogP contribution in [0.25, 0.3) is 0 Å². The molecule has 7 heteroatoms. The maximum atomic E-state index is 11.8. The zero-order valence-corrected chi connectivity index (χ0v) is 12.4. The van der Waals surface area contributed by atoms with E-state index >= 15 is 0 Å². The Morgan fingerprint density at radius 3 is 2.90 bits per heavy atom. The van der Waals surface area contributed by atoms with Crippen molar-refractivity contribution in [3.05, 3.63) is 39.7 Å². The third kappa shape index (κ3) is 4.16. The van der Waals surface area contributed by atoms with Gasteiger partial charge in [-0.25, -0.2) is 9.78 Å². The van der Waals surface area contributed by atoms with Crippen molar-refractivity contribution < 1.29 is 19.1 Å². The number of hydrogen-bond donors (Lipinski definition) is 2. The zero-order valence-electron chi connectivity index (χ0n) is 11.6. The second kappa shape index (κ2) is 7.03. The van der Waals surface area contributed by atoms with Gasteiger partial charge in [0.1, 0.15) is 15.6 Å². The van der Waals surface area contributed by atoms with Crippen molar-refractivity contribution >= 4 is 23.2 Å². The number of carboxylic acids is 1. The highest BCUT2D eigenvalue weighted by molar-refractivity contribution is 7.13. The van der Waals surface area contributed by atoms with Crippen LogP contribution in [0, 0.1) is 0 Å². The second-order valence-electron chi connectivity index (χ2n) is 4.47. The molecule has 0 aliphatic rings. The van der Waals surface area contributed by atoms with Crippen LogP contribution in [0.2, 0.25) is 0 Å². The Labute approximate surface area is 125 Å². The van der Waals surface area contributed by atoms with Gasteiger partial charge in [0.25, 0.3) is 0 Å². The molecule has 2 N–H and O–H groups in total. The molecular formula is C14H16N2O4S. The monoisotopic (exact) mass is 308 g/mol. The van der Waals surface area contributed by atoms with E-state index in [0.29, 0.717) is 29.4 Å². The quantitative estimate of drug-likeness (QED) is 0.818. The third-order valence-electron chi connectivity index (χ3n) is 2.77. The van der Waals surface area contributed by atoms with Gasteiger partial charge in [0.05, 0.1) is 24.9 Å². The van der Waals surface area contributed by atoms with Crippen molar-refractivity contribution in [3.63, 3.8) is 0 Å². The maximum Gasteiger partial charge on any atom is 0.347 e. The first-order valence-electron chi connectivity index (χ1n) is 6.61. The Kier molecular flexibility index (Phi) is 5.10. The van der Waals surface area contributed by atoms with Crippen LogP contribution >= 0.6 is 11.3 Å². The first-order chi connectivity index (χ1) is 10.1. The van der Waals surface area contributed by atoms with Crippen LogP contribution < -0.4 is 5.32 Å². The molecule has 2 aromatic rings. The summed E-state index contributed by atoms with van der Waals surface area (Å²) in [5.74, 6) is -0.529. The highest BCUT2D eigenvalue weighted by atomic mass is 32.1. The summed E-state index contributed by atoms with van der Waals surface area (Å²) in [5.41, 5.74) is 0.559. The molecule has 0 fully saturated rings. The number of aryl methyl sites for hydroxylation is 1. The van der Waals surface area contributed by atoms with E-state index in [1.54, 1.807) is 18.4 Å². The van der Waals surface area contributed by atoms with E-state index < -0.39 is 5.97 Å². The van der Waals surface area contributed by atoms with Crippen molar-refractivity contribution in [3.8, 4) is 0 Å². The number of carbonyl (C=O) groups is 2. The molecule has 112 valence electrons. The summed E-state index contributed by atoms with van der Waals surface area (Å²) < 4.78 is 5.12. The van der Waals surface area contributed by atoms with E-state index in [1.165, 1.54) is 0 Å². The molecule has 0 aliphatic carbocycles. The lowest BCUT2D eigenvalue weighted by Crippen LogP contribution is -2.24. The molecule has 0 unspecified atom stereocenters. The molecule has 2 heterocycles. The van der Waals surface area contributed by atoms with Gasteiger partial charge in [-0.05, 0) is 18.6 Å². The first kappa shape index (κ1) is 15.2. The molecule has 0 spiro atoms. The number of carbonyl (C=O) groups excluding carboxylic acids is 1. The molecule has 0 bridgehead atoms. The fourth-order valence-corrected chi connectivity index (χ4v) is 2.80. The maximum absolute atomic E-state index is 11.8. The number of nitrogens with zero attached hydrogens (tertiary/aromatic N) is 1. The van der Waals surface area contributed by atoms with Crippen molar-refractivity contribution in [2.45, 2.75) is 32.7 Å². The average molecular weight is 308 g/mol. The van der Waals surface area contributed by atoms with Crippen LogP contribution in [0.5, 0.6) is 0 Å². The van der Waals surface area contributed by atoms with Crippen LogP contribution in [0.4, 0.5) is 0 Å². The topological polar surface area (TPSA) is 92.4 Å². The fourth-order valence-electron chi connectivity index (χ4n) is 1.85. The van der Waals surface area contributed by atoms with Gasteiger partial charge < -0.3 is 14.8 Å². The van der Waals surface area contributed by atoms with Gasteiger partial charge in [-0.1, -0.05) is 13.3 Å². The molecule has 0 atom stereocenters. The Bertz CT molecular complexity index is 619. The fraction of sp³-hybridized carbons (Fsp3) is 0.357. The Balaban J connectivity index is 1.96. The molecule has 0 aromatic carbocycles. The number of thiazole rings is 1. The molecule has 2 rings (SSSR count). The molecular weight excluding hydrogens is 292 g/mol. The Morgan fingerprint density at radius 2 is 2.29 bits per heavy atom. The number of carboxylic acid groups (broad SMARTS) is 1. The molecule has 6 nitrogen and oxygen atoms in total. The van der Waals surface area contributed by atoms with Gasteiger partial charge in [-0.15, -0.1) is 11.3 Å². The molecule has 0 aliphatic heterocycles. The van der Waals surface area contributed by atoms with Crippen LogP contribution in [0.1, 0.15) is 39.5 Å². The summed E-state index contributed by atoms with van der Waals surface area (Å²) >= 11 is 1.06. The van der Waals surface area contributed by atoms with Crippen LogP contribution in [0.3, 0.4) is 0 Å². The standard InChI is InChI=1S/C14H16N2O4S/c1-2-4-10-13(14(18)19)21-12(16-10)7-11(17)15-8-9-5-3-6-20-9/h3,5-6H,2,4,7-8H2,1H3,(H,15,17)(H,18,19). The molecule has 0 saturated heterocycles. The van der Waals surface area contributed by atoms with Gasteiger partial charge >= 0.3 is 5.97 Å². The summed E-state index contributed by atoms with van der Waals surface area (Å²) in [7, 11) is 0. The summed E-state index contributed by atoms with van der Waals surface area (Å²) in [4.78, 5) is 27.4. The molecule has 2 aromatic heterocycles. The minimum Gasteiger partial charge on any atom is -0.477 e. The Hall–Kier alpha value is -2.15. The van der Waals surface area contributed by atoms with Crippen molar-refractivity contribution in [1.82, 2.24) is 10.3 Å². The SMILES string of the molecule is CCCc1nc(CC(=O)NCc2ccco2)sc1C(=O)O. The van der Waals surface area contributed by atoms with E-state index in [4.69, 9.17) is 9.52 Å². The third-order valence-corrected chi connectivity index (χ3v) is 3.86. The predicted octanol–water partition coefficient (Wildman–Crippen LogP) is 2.25. The predicted molar refractivity (Wildman–Crippen MR) is 77.3 cm³/mol. The number of nitrogens with one attached hydrogen (secondary N) is 1. The number of rotatable bonds is 7. The van der Waals surface area contributed by atoms with Crippen LogP contribution in [-0.4, -0.2) is 22.0 Å². The largest absolute Gasteiger partial charge is 0.477 e. The normalized spacial score (nSPS) is 10.5. The first-order valence-corrected chi connectivity index (χ1v) is 7.42. The second-order valence-corrected chi connectivity index (χ2v) is 5.56. The van der Waals surface area contributed by atoms with E-state index in [1.807, 2.05) is 6.92 Å². The minimum absolute atomic E-state index is 0.0787. The number of furan rings is 1. The number of amides is 1. The van der Waals surface area contributed by atoms with Gasteiger partial charge in [-0.2, -0.15) is 0 Å². The molecule has 0 radical (unpaired) electrons. The van der Waals surface area contributed by atoms with Gasteiger partial charge in [0.2, 0.25) is 5.91 Å². The van der Waals surface area contributed by atoms with Crippen LogP contribution in [0.15, 0.2) is 22.8 Å². The molecule has 1 amide bonds. The van der Waals surface area contributed by atoms with Crippen molar-refractivity contribution in [2.75, 3.05) is 0 Å². The van der Waals surface area contributed by atoms with Gasteiger partial charge in [0.15, 0.2) is 0 Å². The van der Waals surface area contributed by atoms with E-state index in [9.17, 15) is 9.59 Å². The van der Waals surface area contributed by atoms with Crippen molar-refractivity contribution in [1.29, 1.82) is 0 Å². The highest BCUT2D eigenvalue weighted by Crippen LogP contribution is 2.20. The van der Waals surface area contributed by atoms with Gasteiger partial charge in [-0.3, -0.25) is 4.79 Å². The van der Waals surface area contributed by atoms with Gasteiger partial charge in [0, 0.05) is 0 Å². The zero-order chi connectivity index (χ0) is 15.2. The summed E-state index contributed by atoms with van der Waals surface area (Å²) in [6.45, 7) is 2.27. The molecule has 0 saturated carbocycles. The number of aromatic nitrogens is 1. The highest BCUT2D eigenvalue weighted by Gasteiger charge is 2.18. The summed E-state index contributed by atoms with van der Waals surface area (Å²) in [6.07, 6.45) is 3.04. The summed E-state index contributed by atoms with van der Waals surface area (Å²) in [5, 5.41) is 12.4. The van der Waals surface area contributed by atoms with Crippen LogP contribution in [-0.2, 0) is 24.2 Å². The number of aromatic carboxylic acids is 1. The number of hydrogen-bond acceptors (Lipinski definition) is 5. The van der Waals surface area contributed by atoms with E-state index in [2.05, 4.69) is 10.3 Å². The molecule has 21 heavy (non-hydrogen) atoms. The lowest BCUT2D eigenvalue weighted by molar-refractivity contribution is -0.120. The lowest BCUT2D eigenvalue weighted by Gasteiger charge is -2.00. The minimum atomic E-state index is -0.988. The van der Waals surface area contributed by atoms with E-state index in [-0.39, 0.29) is 17.2 Å². The Morgan fingerprint density at radius 1 is 1.48 bits per heavy atom. The smallest absolute Gasteiger partial charge is 0.347 e. The average Bonchev–Trinajstić information content (AvgIpc) is 3.06. The summed E-state index contributed by atoms with van der Waals surface area (Å²) in [6, 6.07) is 3.52. The van der Waals surface area contributed by atoms with Crippen molar-refractivity contribution in [2.24, 2.45) is 0 Å². The van der Waals surface area contributed by atoms with E-state index in [0.717, 1.165) is 17.8 Å². The lowest BCUT2D eigenvalue weighted by atomic mass is 10.2.